The molecule has 1 aliphatic rings. The van der Waals surface area contributed by atoms with Crippen LogP contribution in [0.25, 0.3) is 6.08 Å². The Kier molecular flexibility index (Phi) is 1.74. The Morgan fingerprint density at radius 1 is 1.27 bits per heavy atom. The first kappa shape index (κ1) is 6.99. The van der Waals surface area contributed by atoms with E-state index in [1.807, 2.05) is 11.8 Å². The highest BCUT2D eigenvalue weighted by Gasteiger charge is 2.05. The molecule has 0 fully saturated rings. The summed E-state index contributed by atoms with van der Waals surface area (Å²) in [5, 5.41) is 0. The van der Waals surface area contributed by atoms with Crippen LogP contribution in [-0.4, -0.2) is 5.75 Å². The summed E-state index contributed by atoms with van der Waals surface area (Å²) >= 11 is 1.93. The van der Waals surface area contributed by atoms with Gasteiger partial charge in [-0.2, -0.15) is 0 Å². The molecule has 11 heavy (non-hydrogen) atoms. The monoisotopic (exact) mass is 162 g/mol. The number of hydrogen-bond acceptors (Lipinski definition) is 1. The standard InChI is InChI=1S/C10H10S/c1-8-6-9-4-2-3-5-10(9)11-7-8/h2-6H,7H2,1H3. The third kappa shape index (κ3) is 1.33. The zero-order valence-electron chi connectivity index (χ0n) is 6.50. The molecule has 1 heteroatoms. The van der Waals surface area contributed by atoms with Gasteiger partial charge in [0.1, 0.15) is 0 Å². The van der Waals surface area contributed by atoms with Gasteiger partial charge in [-0.05, 0) is 18.6 Å². The smallest absolute Gasteiger partial charge is 0.0191 e. The maximum Gasteiger partial charge on any atom is 0.0191 e. The van der Waals surface area contributed by atoms with Crippen LogP contribution in [0.4, 0.5) is 0 Å². The van der Waals surface area contributed by atoms with E-state index in [1.54, 1.807) is 0 Å². The number of hydrogen-bond donors (Lipinski definition) is 0. The van der Waals surface area contributed by atoms with Crippen LogP contribution < -0.4 is 0 Å². The first-order valence-corrected chi connectivity index (χ1v) is 4.74. The summed E-state index contributed by atoms with van der Waals surface area (Å²) in [6.45, 7) is 2.18. The van der Waals surface area contributed by atoms with Crippen molar-refractivity contribution in [3.8, 4) is 0 Å². The Bertz CT molecular complexity index is 299. The van der Waals surface area contributed by atoms with Crippen molar-refractivity contribution >= 4 is 17.8 Å². The molecule has 0 bridgehead atoms. The van der Waals surface area contributed by atoms with Gasteiger partial charge in [0.2, 0.25) is 0 Å². The second-order valence-corrected chi connectivity index (χ2v) is 3.83. The van der Waals surface area contributed by atoms with Gasteiger partial charge in [-0.1, -0.05) is 29.8 Å². The van der Waals surface area contributed by atoms with E-state index in [0.29, 0.717) is 0 Å². The average Bonchev–Trinajstić information content (AvgIpc) is 2.04. The molecule has 0 saturated heterocycles. The third-order valence-corrected chi connectivity index (χ3v) is 3.06. The van der Waals surface area contributed by atoms with Gasteiger partial charge >= 0.3 is 0 Å². The van der Waals surface area contributed by atoms with Crippen LogP contribution in [0.2, 0.25) is 0 Å². The number of fused-ring (bicyclic) bond motifs is 1. The summed E-state index contributed by atoms with van der Waals surface area (Å²) in [5.41, 5.74) is 2.84. The van der Waals surface area contributed by atoms with Crippen molar-refractivity contribution in [3.63, 3.8) is 0 Å². The fourth-order valence-corrected chi connectivity index (χ4v) is 2.16. The molecular formula is C10H10S. The number of benzene rings is 1. The summed E-state index contributed by atoms with van der Waals surface area (Å²) in [6.07, 6.45) is 2.27. The molecule has 0 spiro atoms. The molecule has 1 aromatic carbocycles. The molecule has 1 aliphatic heterocycles. The Labute approximate surface area is 71.3 Å². The lowest BCUT2D eigenvalue weighted by molar-refractivity contribution is 1.34. The molecule has 0 amide bonds. The predicted octanol–water partition coefficient (Wildman–Crippen LogP) is 3.20. The highest BCUT2D eigenvalue weighted by molar-refractivity contribution is 7.99. The van der Waals surface area contributed by atoms with Crippen molar-refractivity contribution in [2.24, 2.45) is 0 Å². The zero-order valence-corrected chi connectivity index (χ0v) is 7.32. The van der Waals surface area contributed by atoms with E-state index in [9.17, 15) is 0 Å². The SMILES string of the molecule is CC1=Cc2ccccc2SC1. The van der Waals surface area contributed by atoms with Crippen molar-refractivity contribution in [2.45, 2.75) is 11.8 Å². The maximum absolute atomic E-state index is 2.27. The minimum absolute atomic E-state index is 1.15. The van der Waals surface area contributed by atoms with Crippen molar-refractivity contribution in [1.29, 1.82) is 0 Å². The molecule has 1 aromatic rings. The van der Waals surface area contributed by atoms with Gasteiger partial charge in [0.25, 0.3) is 0 Å². The van der Waals surface area contributed by atoms with Gasteiger partial charge < -0.3 is 0 Å². The lowest BCUT2D eigenvalue weighted by Gasteiger charge is -2.12. The van der Waals surface area contributed by atoms with E-state index < -0.39 is 0 Å². The van der Waals surface area contributed by atoms with Gasteiger partial charge in [-0.3, -0.25) is 0 Å². The lowest BCUT2D eigenvalue weighted by atomic mass is 10.1. The molecule has 0 nitrogen and oxygen atoms in total. The summed E-state index contributed by atoms with van der Waals surface area (Å²) < 4.78 is 0. The first-order chi connectivity index (χ1) is 5.36. The van der Waals surface area contributed by atoms with Crippen LogP contribution in [0.3, 0.4) is 0 Å². The zero-order chi connectivity index (χ0) is 7.68. The molecule has 0 atom stereocenters. The van der Waals surface area contributed by atoms with Gasteiger partial charge in [0.15, 0.2) is 0 Å². The fraction of sp³-hybridized carbons (Fsp3) is 0.200. The molecule has 0 unspecified atom stereocenters. The summed E-state index contributed by atoms with van der Waals surface area (Å²) in [4.78, 5) is 1.41. The molecule has 0 N–H and O–H groups in total. The van der Waals surface area contributed by atoms with Crippen LogP contribution in [0.1, 0.15) is 12.5 Å². The highest BCUT2D eigenvalue weighted by Crippen LogP contribution is 2.30. The topological polar surface area (TPSA) is 0 Å². The lowest BCUT2D eigenvalue weighted by Crippen LogP contribution is -1.91. The molecular weight excluding hydrogens is 152 g/mol. The van der Waals surface area contributed by atoms with Crippen LogP contribution in [-0.2, 0) is 0 Å². The average molecular weight is 162 g/mol. The predicted molar refractivity (Wildman–Crippen MR) is 50.8 cm³/mol. The third-order valence-electron chi connectivity index (χ3n) is 1.78. The number of rotatable bonds is 0. The molecule has 0 radical (unpaired) electrons. The minimum atomic E-state index is 1.15. The van der Waals surface area contributed by atoms with Crippen LogP contribution >= 0.6 is 11.8 Å². The highest BCUT2D eigenvalue weighted by atomic mass is 32.2. The quantitative estimate of drug-likeness (QED) is 0.564. The van der Waals surface area contributed by atoms with Crippen molar-refractivity contribution in [2.75, 3.05) is 5.75 Å². The Morgan fingerprint density at radius 2 is 2.09 bits per heavy atom. The number of thioether (sulfide) groups is 1. The van der Waals surface area contributed by atoms with E-state index in [4.69, 9.17) is 0 Å². The Morgan fingerprint density at radius 3 is 3.00 bits per heavy atom. The van der Waals surface area contributed by atoms with Gasteiger partial charge in [0.05, 0.1) is 0 Å². The molecule has 0 saturated carbocycles. The molecule has 0 aliphatic carbocycles. The maximum atomic E-state index is 2.27. The molecule has 2 rings (SSSR count). The van der Waals surface area contributed by atoms with Gasteiger partial charge in [-0.15, -0.1) is 11.8 Å². The minimum Gasteiger partial charge on any atom is -0.121 e. The molecule has 56 valence electrons. The summed E-state index contributed by atoms with van der Waals surface area (Å²) in [6, 6.07) is 8.54. The molecule has 1 heterocycles. The van der Waals surface area contributed by atoms with Gasteiger partial charge in [-0.25, -0.2) is 0 Å². The second-order valence-electron chi connectivity index (χ2n) is 2.82. The van der Waals surface area contributed by atoms with Crippen LogP contribution in [0.5, 0.6) is 0 Å². The largest absolute Gasteiger partial charge is 0.121 e. The summed E-state index contributed by atoms with van der Waals surface area (Å²) in [7, 11) is 0. The summed E-state index contributed by atoms with van der Waals surface area (Å²) in [5.74, 6) is 1.15. The van der Waals surface area contributed by atoms with Crippen molar-refractivity contribution < 1.29 is 0 Å². The van der Waals surface area contributed by atoms with E-state index in [1.165, 1.54) is 16.0 Å². The first-order valence-electron chi connectivity index (χ1n) is 3.75. The van der Waals surface area contributed by atoms with E-state index in [-0.39, 0.29) is 0 Å². The van der Waals surface area contributed by atoms with E-state index >= 15 is 0 Å². The van der Waals surface area contributed by atoms with Gasteiger partial charge in [0, 0.05) is 10.6 Å². The Hall–Kier alpha value is -0.690. The second kappa shape index (κ2) is 2.74. The van der Waals surface area contributed by atoms with Crippen LogP contribution in [0.15, 0.2) is 34.7 Å². The van der Waals surface area contributed by atoms with Crippen molar-refractivity contribution in [3.05, 3.63) is 35.4 Å². The fourth-order valence-electron chi connectivity index (χ4n) is 1.23. The normalized spacial score (nSPS) is 15.5. The van der Waals surface area contributed by atoms with E-state index in [2.05, 4.69) is 37.3 Å². The van der Waals surface area contributed by atoms with Crippen LogP contribution in [0, 0.1) is 0 Å². The molecule has 0 aromatic heterocycles. The Balaban J connectivity index is 2.51. The van der Waals surface area contributed by atoms with E-state index in [0.717, 1.165) is 5.75 Å². The van der Waals surface area contributed by atoms with Crippen molar-refractivity contribution in [1.82, 2.24) is 0 Å².